The molecule has 0 bridgehead atoms. The lowest BCUT2D eigenvalue weighted by Gasteiger charge is -2.08. The summed E-state index contributed by atoms with van der Waals surface area (Å²) in [5.74, 6) is -0.205. The summed E-state index contributed by atoms with van der Waals surface area (Å²) >= 11 is 0. The molecule has 0 saturated carbocycles. The Kier molecular flexibility index (Phi) is 9.35. The van der Waals surface area contributed by atoms with Crippen molar-refractivity contribution in [2.45, 2.75) is 59.3 Å². The Labute approximate surface area is 112 Å². The monoisotopic (exact) mass is 252 g/mol. The van der Waals surface area contributed by atoms with E-state index in [1.807, 2.05) is 6.08 Å². The molecular formula is C16H28O2. The highest BCUT2D eigenvalue weighted by Gasteiger charge is 2.08. The average Bonchev–Trinajstić information content (AvgIpc) is 2.29. The van der Waals surface area contributed by atoms with Gasteiger partial charge < -0.3 is 5.11 Å². The lowest BCUT2D eigenvalue weighted by Crippen LogP contribution is -2.08. The zero-order valence-corrected chi connectivity index (χ0v) is 12.1. The highest BCUT2D eigenvalue weighted by atomic mass is 16.4. The molecule has 0 aromatic heterocycles. The van der Waals surface area contributed by atoms with Crippen LogP contribution >= 0.6 is 0 Å². The maximum Gasteiger partial charge on any atom is 0.306 e. The Bertz CT molecular complexity index is 279. The van der Waals surface area contributed by atoms with E-state index < -0.39 is 5.97 Å². The van der Waals surface area contributed by atoms with Crippen LogP contribution in [0.5, 0.6) is 0 Å². The van der Waals surface area contributed by atoms with E-state index in [9.17, 15) is 4.79 Å². The summed E-state index contributed by atoms with van der Waals surface area (Å²) in [6.45, 7) is 9.92. The Morgan fingerprint density at radius 1 is 1.33 bits per heavy atom. The number of carbonyl (C=O) groups is 1. The molecule has 2 heteroatoms. The van der Waals surface area contributed by atoms with Crippen LogP contribution in [0.2, 0.25) is 0 Å². The first kappa shape index (κ1) is 16.9. The predicted octanol–water partition coefficient (Wildman–Crippen LogP) is 4.82. The number of rotatable bonds is 10. The quantitative estimate of drug-likeness (QED) is 0.566. The van der Waals surface area contributed by atoms with Gasteiger partial charge in [-0.15, -0.1) is 6.58 Å². The van der Waals surface area contributed by atoms with Crippen molar-refractivity contribution < 1.29 is 9.90 Å². The predicted molar refractivity (Wildman–Crippen MR) is 77.6 cm³/mol. The summed E-state index contributed by atoms with van der Waals surface area (Å²) in [5, 5.41) is 8.77. The van der Waals surface area contributed by atoms with Crippen LogP contribution in [0.25, 0.3) is 0 Å². The molecule has 2 atom stereocenters. The van der Waals surface area contributed by atoms with Gasteiger partial charge in [0.1, 0.15) is 0 Å². The molecule has 0 radical (unpaired) electrons. The van der Waals surface area contributed by atoms with E-state index in [1.165, 1.54) is 18.4 Å². The molecule has 0 aliphatic rings. The first-order valence-corrected chi connectivity index (χ1v) is 6.96. The standard InChI is InChI=1S/C16H28O2/c1-5-8-13(2)9-6-10-14(3)11-7-12-15(4)16(17)18/h5,11,13,15H,1,6-10,12H2,2-4H3,(H,17,18)/b14-11+. The molecule has 0 aromatic rings. The number of carboxylic acids is 1. The third-order valence-electron chi connectivity index (χ3n) is 3.35. The second kappa shape index (κ2) is 9.93. The van der Waals surface area contributed by atoms with E-state index in [2.05, 4.69) is 26.5 Å². The highest BCUT2D eigenvalue weighted by Crippen LogP contribution is 2.16. The molecule has 18 heavy (non-hydrogen) atoms. The van der Waals surface area contributed by atoms with Gasteiger partial charge >= 0.3 is 5.97 Å². The average molecular weight is 252 g/mol. The van der Waals surface area contributed by atoms with Crippen LogP contribution in [-0.4, -0.2) is 11.1 Å². The van der Waals surface area contributed by atoms with Crippen LogP contribution in [-0.2, 0) is 4.79 Å². The van der Waals surface area contributed by atoms with Gasteiger partial charge in [0.25, 0.3) is 0 Å². The molecule has 0 heterocycles. The molecule has 0 aromatic carbocycles. The Morgan fingerprint density at radius 3 is 2.56 bits per heavy atom. The topological polar surface area (TPSA) is 37.3 Å². The molecule has 0 saturated heterocycles. The molecule has 2 unspecified atom stereocenters. The van der Waals surface area contributed by atoms with Crippen LogP contribution in [0.3, 0.4) is 0 Å². The molecule has 0 rings (SSSR count). The van der Waals surface area contributed by atoms with Crippen molar-refractivity contribution in [2.24, 2.45) is 11.8 Å². The number of carboxylic acid groups (broad SMARTS) is 1. The molecule has 0 aliphatic heterocycles. The van der Waals surface area contributed by atoms with Crippen LogP contribution in [0.15, 0.2) is 24.3 Å². The van der Waals surface area contributed by atoms with Gasteiger partial charge in [0.2, 0.25) is 0 Å². The fourth-order valence-corrected chi connectivity index (χ4v) is 1.94. The molecule has 104 valence electrons. The summed E-state index contributed by atoms with van der Waals surface area (Å²) in [6, 6.07) is 0. The van der Waals surface area contributed by atoms with E-state index >= 15 is 0 Å². The second-order valence-electron chi connectivity index (χ2n) is 5.39. The van der Waals surface area contributed by atoms with Gasteiger partial charge in [0, 0.05) is 0 Å². The third-order valence-corrected chi connectivity index (χ3v) is 3.35. The van der Waals surface area contributed by atoms with E-state index in [0.717, 1.165) is 31.6 Å². The fraction of sp³-hybridized carbons (Fsp3) is 0.688. The van der Waals surface area contributed by atoms with Crippen LogP contribution in [0.4, 0.5) is 0 Å². The zero-order chi connectivity index (χ0) is 14.0. The first-order valence-electron chi connectivity index (χ1n) is 6.96. The van der Waals surface area contributed by atoms with Gasteiger partial charge in [-0.25, -0.2) is 0 Å². The van der Waals surface area contributed by atoms with Gasteiger partial charge in [-0.3, -0.25) is 4.79 Å². The minimum absolute atomic E-state index is 0.235. The summed E-state index contributed by atoms with van der Waals surface area (Å²) in [7, 11) is 0. The number of allylic oxidation sites excluding steroid dienone is 3. The van der Waals surface area contributed by atoms with Crippen molar-refractivity contribution >= 4 is 5.97 Å². The van der Waals surface area contributed by atoms with Crippen LogP contribution < -0.4 is 0 Å². The van der Waals surface area contributed by atoms with Crippen LogP contribution in [0.1, 0.15) is 59.3 Å². The Morgan fingerprint density at radius 2 is 2.00 bits per heavy atom. The molecule has 0 fully saturated rings. The lowest BCUT2D eigenvalue weighted by atomic mass is 9.98. The van der Waals surface area contributed by atoms with Crippen molar-refractivity contribution in [3.05, 3.63) is 24.3 Å². The molecule has 0 spiro atoms. The lowest BCUT2D eigenvalue weighted by molar-refractivity contribution is -0.141. The van der Waals surface area contributed by atoms with Gasteiger partial charge in [0.05, 0.1) is 5.92 Å². The minimum atomic E-state index is -0.695. The van der Waals surface area contributed by atoms with Crippen molar-refractivity contribution in [3.63, 3.8) is 0 Å². The summed E-state index contributed by atoms with van der Waals surface area (Å²) in [5.41, 5.74) is 1.39. The molecular weight excluding hydrogens is 224 g/mol. The maximum absolute atomic E-state index is 10.7. The zero-order valence-electron chi connectivity index (χ0n) is 12.1. The first-order chi connectivity index (χ1) is 8.47. The van der Waals surface area contributed by atoms with Gasteiger partial charge in [0.15, 0.2) is 0 Å². The third kappa shape index (κ3) is 9.03. The number of hydrogen-bond acceptors (Lipinski definition) is 1. The summed E-state index contributed by atoms with van der Waals surface area (Å²) in [6.07, 6.45) is 10.5. The Hall–Kier alpha value is -1.05. The number of aliphatic carboxylic acids is 1. The largest absolute Gasteiger partial charge is 0.481 e. The van der Waals surface area contributed by atoms with Crippen molar-refractivity contribution in [3.8, 4) is 0 Å². The highest BCUT2D eigenvalue weighted by molar-refractivity contribution is 5.69. The number of hydrogen-bond donors (Lipinski definition) is 1. The smallest absolute Gasteiger partial charge is 0.306 e. The molecule has 0 amide bonds. The van der Waals surface area contributed by atoms with Crippen molar-refractivity contribution in [1.29, 1.82) is 0 Å². The van der Waals surface area contributed by atoms with Crippen molar-refractivity contribution in [2.75, 3.05) is 0 Å². The van der Waals surface area contributed by atoms with Gasteiger partial charge in [-0.2, -0.15) is 0 Å². The molecule has 1 N–H and O–H groups in total. The summed E-state index contributed by atoms with van der Waals surface area (Å²) in [4.78, 5) is 10.7. The van der Waals surface area contributed by atoms with E-state index in [-0.39, 0.29) is 5.92 Å². The van der Waals surface area contributed by atoms with E-state index in [1.54, 1.807) is 6.92 Å². The summed E-state index contributed by atoms with van der Waals surface area (Å²) < 4.78 is 0. The maximum atomic E-state index is 10.7. The minimum Gasteiger partial charge on any atom is -0.481 e. The Balaban J connectivity index is 3.71. The second-order valence-corrected chi connectivity index (χ2v) is 5.39. The molecule has 2 nitrogen and oxygen atoms in total. The normalized spacial score (nSPS) is 15.2. The molecule has 0 aliphatic carbocycles. The SMILES string of the molecule is C=CCC(C)CCC/C(C)=C/CCC(C)C(=O)O. The van der Waals surface area contributed by atoms with Crippen LogP contribution in [0, 0.1) is 11.8 Å². The van der Waals surface area contributed by atoms with Gasteiger partial charge in [-0.05, 0) is 44.9 Å². The fourth-order valence-electron chi connectivity index (χ4n) is 1.94. The van der Waals surface area contributed by atoms with Crippen molar-refractivity contribution in [1.82, 2.24) is 0 Å². The van der Waals surface area contributed by atoms with E-state index in [4.69, 9.17) is 5.11 Å². The van der Waals surface area contributed by atoms with E-state index in [0.29, 0.717) is 0 Å². The van der Waals surface area contributed by atoms with Gasteiger partial charge in [-0.1, -0.05) is 38.0 Å².